The Morgan fingerprint density at radius 2 is 1.85 bits per heavy atom. The van der Waals surface area contributed by atoms with Gasteiger partial charge in [-0.3, -0.25) is 4.79 Å². The first-order valence-corrected chi connectivity index (χ1v) is 8.13. The Labute approximate surface area is 149 Å². The Morgan fingerprint density at radius 1 is 1.15 bits per heavy atom. The fourth-order valence-corrected chi connectivity index (χ4v) is 3.34. The van der Waals surface area contributed by atoms with Crippen molar-refractivity contribution in [2.45, 2.75) is 18.0 Å². The van der Waals surface area contributed by atoms with E-state index >= 15 is 0 Å². The van der Waals surface area contributed by atoms with Crippen molar-refractivity contribution in [3.8, 4) is 5.75 Å². The molecule has 2 saturated heterocycles. The molecule has 0 aromatic heterocycles. The molecule has 2 heterocycles. The number of methoxy groups -OCH3 is 1. The summed E-state index contributed by atoms with van der Waals surface area (Å²) in [5.41, 5.74) is 1.29. The number of carboxylic acid groups (broad SMARTS) is 1. The van der Waals surface area contributed by atoms with Crippen LogP contribution in [-0.2, 0) is 24.8 Å². The lowest BCUT2D eigenvalue weighted by molar-refractivity contribution is -0.193. The topological polar surface area (TPSA) is 85.3 Å². The summed E-state index contributed by atoms with van der Waals surface area (Å²) in [6, 6.07) is 16.0. The number of carboxylic acids is 1. The summed E-state index contributed by atoms with van der Waals surface area (Å²) < 4.78 is 16.8. The van der Waals surface area contributed by atoms with Gasteiger partial charge in [-0.2, -0.15) is 0 Å². The minimum Gasteiger partial charge on any atom is -0.497 e. The molecule has 3 unspecified atom stereocenters. The van der Waals surface area contributed by atoms with E-state index in [0.29, 0.717) is 17.0 Å². The number of aliphatic carboxylic acids is 1. The molecule has 7 nitrogen and oxygen atoms in total. The molecule has 7 heteroatoms. The number of morpholine rings is 1. The molecule has 3 atom stereocenters. The molecule has 2 aliphatic heterocycles. The van der Waals surface area contributed by atoms with E-state index in [0.717, 1.165) is 0 Å². The van der Waals surface area contributed by atoms with E-state index in [1.165, 1.54) is 4.90 Å². The minimum atomic E-state index is -1.36. The van der Waals surface area contributed by atoms with E-state index in [4.69, 9.17) is 14.2 Å². The summed E-state index contributed by atoms with van der Waals surface area (Å²) in [6.45, 7) is 0.0580. The Balaban J connectivity index is 1.76. The third-order valence-corrected chi connectivity index (χ3v) is 4.63. The van der Waals surface area contributed by atoms with Crippen LogP contribution < -0.4 is 9.64 Å². The van der Waals surface area contributed by atoms with Gasteiger partial charge in [-0.15, -0.1) is 0 Å². The molecule has 1 N–H and O–H groups in total. The molecule has 4 rings (SSSR count). The summed E-state index contributed by atoms with van der Waals surface area (Å²) in [4.78, 5) is 26.0. The second kappa shape index (κ2) is 6.12. The highest BCUT2D eigenvalue weighted by atomic mass is 16.8. The van der Waals surface area contributed by atoms with Gasteiger partial charge >= 0.3 is 5.97 Å². The van der Waals surface area contributed by atoms with Crippen molar-refractivity contribution in [3.05, 3.63) is 60.2 Å². The summed E-state index contributed by atoms with van der Waals surface area (Å²) in [5, 5.41) is 9.47. The number of hydrogen-bond donors (Lipinski definition) is 1. The summed E-state index contributed by atoms with van der Waals surface area (Å²) in [5.74, 6) is -2.32. The standard InChI is InChI=1S/C19H17NO6/c1-24-14-9-7-13(8-10-14)20-11-19(12-5-3-2-4-6-12)25-15(17(20)21)16(26-19)18(22)23/h2-10,15-16H,11H2,1H3,(H,22,23). The van der Waals surface area contributed by atoms with Gasteiger partial charge in [0.1, 0.15) is 5.75 Å². The lowest BCUT2D eigenvalue weighted by atomic mass is 10.0. The van der Waals surface area contributed by atoms with Crippen molar-refractivity contribution >= 4 is 17.6 Å². The largest absolute Gasteiger partial charge is 0.497 e. The first-order valence-electron chi connectivity index (χ1n) is 8.13. The maximum Gasteiger partial charge on any atom is 0.336 e. The zero-order valence-corrected chi connectivity index (χ0v) is 14.0. The van der Waals surface area contributed by atoms with Crippen LogP contribution in [0.3, 0.4) is 0 Å². The summed E-state index contributed by atoms with van der Waals surface area (Å²) >= 11 is 0. The van der Waals surface area contributed by atoms with E-state index in [9.17, 15) is 14.7 Å². The van der Waals surface area contributed by atoms with Crippen molar-refractivity contribution in [3.63, 3.8) is 0 Å². The lowest BCUT2D eigenvalue weighted by Crippen LogP contribution is -2.54. The predicted octanol–water partition coefficient (Wildman–Crippen LogP) is 1.76. The number of nitrogens with zero attached hydrogens (tertiary/aromatic N) is 1. The average Bonchev–Trinajstić information content (AvgIpc) is 3.02. The van der Waals surface area contributed by atoms with E-state index in [-0.39, 0.29) is 6.54 Å². The number of hydrogen-bond acceptors (Lipinski definition) is 5. The highest BCUT2D eigenvalue weighted by Gasteiger charge is 2.60. The Kier molecular flexibility index (Phi) is 3.90. The van der Waals surface area contributed by atoms with Gasteiger partial charge in [-0.1, -0.05) is 30.3 Å². The molecule has 2 aromatic rings. The Morgan fingerprint density at radius 3 is 2.46 bits per heavy atom. The Hall–Kier alpha value is -2.90. The van der Waals surface area contributed by atoms with Crippen molar-refractivity contribution in [2.75, 3.05) is 18.6 Å². The van der Waals surface area contributed by atoms with Gasteiger partial charge in [0.25, 0.3) is 5.91 Å². The van der Waals surface area contributed by atoms with Crippen LogP contribution in [0.4, 0.5) is 5.69 Å². The maximum absolute atomic E-state index is 12.9. The number of amides is 1. The smallest absolute Gasteiger partial charge is 0.336 e. The number of anilines is 1. The van der Waals surface area contributed by atoms with Crippen LogP contribution in [0.15, 0.2) is 54.6 Å². The average molecular weight is 355 g/mol. The highest BCUT2D eigenvalue weighted by Crippen LogP contribution is 2.44. The molecule has 0 spiro atoms. The van der Waals surface area contributed by atoms with Crippen LogP contribution >= 0.6 is 0 Å². The van der Waals surface area contributed by atoms with Gasteiger partial charge in [0.15, 0.2) is 12.2 Å². The van der Waals surface area contributed by atoms with Crippen LogP contribution in [0.1, 0.15) is 5.56 Å². The fraction of sp³-hybridized carbons (Fsp3) is 0.263. The first kappa shape index (κ1) is 16.6. The van der Waals surface area contributed by atoms with Gasteiger partial charge in [0, 0.05) is 11.3 Å². The second-order valence-electron chi connectivity index (χ2n) is 6.16. The van der Waals surface area contributed by atoms with Crippen LogP contribution in [0.2, 0.25) is 0 Å². The minimum absolute atomic E-state index is 0.0580. The third kappa shape index (κ3) is 2.53. The van der Waals surface area contributed by atoms with Gasteiger partial charge in [-0.25, -0.2) is 4.79 Å². The maximum atomic E-state index is 12.9. The molecule has 2 aliphatic rings. The predicted molar refractivity (Wildman–Crippen MR) is 90.8 cm³/mol. The van der Waals surface area contributed by atoms with E-state index in [1.54, 1.807) is 43.5 Å². The molecular weight excluding hydrogens is 338 g/mol. The summed E-state index contributed by atoms with van der Waals surface area (Å²) in [7, 11) is 1.56. The first-order chi connectivity index (χ1) is 12.5. The van der Waals surface area contributed by atoms with E-state index in [1.807, 2.05) is 18.2 Å². The molecule has 2 bridgehead atoms. The molecule has 0 aliphatic carbocycles. The number of ether oxygens (including phenoxy) is 3. The lowest BCUT2D eigenvalue weighted by Gasteiger charge is -2.38. The zero-order valence-electron chi connectivity index (χ0n) is 14.0. The van der Waals surface area contributed by atoms with Gasteiger partial charge < -0.3 is 24.2 Å². The number of fused-ring (bicyclic) bond motifs is 2. The van der Waals surface area contributed by atoms with Crippen LogP contribution in [0.25, 0.3) is 0 Å². The number of carbonyl (C=O) groups is 2. The molecule has 0 saturated carbocycles. The Bertz CT molecular complexity index is 837. The summed E-state index contributed by atoms with van der Waals surface area (Å²) in [6.07, 6.45) is -2.56. The quantitative estimate of drug-likeness (QED) is 0.900. The SMILES string of the molecule is COc1ccc(N2CC3(c4ccccc4)OC(C(=O)O)C(O3)C2=O)cc1. The monoisotopic (exact) mass is 355 g/mol. The van der Waals surface area contributed by atoms with Gasteiger partial charge in [-0.05, 0) is 24.3 Å². The van der Waals surface area contributed by atoms with Crippen molar-refractivity contribution in [1.29, 1.82) is 0 Å². The van der Waals surface area contributed by atoms with Crippen molar-refractivity contribution in [2.24, 2.45) is 0 Å². The third-order valence-electron chi connectivity index (χ3n) is 4.63. The molecule has 1 amide bonds. The van der Waals surface area contributed by atoms with Gasteiger partial charge in [0.05, 0.1) is 13.7 Å². The number of carbonyl (C=O) groups excluding carboxylic acids is 1. The molecule has 26 heavy (non-hydrogen) atoms. The molecule has 2 fully saturated rings. The van der Waals surface area contributed by atoms with Gasteiger partial charge in [0.2, 0.25) is 5.79 Å². The second-order valence-corrected chi connectivity index (χ2v) is 6.16. The molecule has 134 valence electrons. The molecule has 2 aromatic carbocycles. The van der Waals surface area contributed by atoms with E-state index in [2.05, 4.69) is 0 Å². The van der Waals surface area contributed by atoms with Crippen LogP contribution in [0.5, 0.6) is 5.75 Å². The normalized spacial score (nSPS) is 27.4. The number of benzene rings is 2. The van der Waals surface area contributed by atoms with Crippen LogP contribution in [-0.4, -0.2) is 42.8 Å². The molecule has 0 radical (unpaired) electrons. The highest BCUT2D eigenvalue weighted by molar-refractivity contribution is 6.01. The fourth-order valence-electron chi connectivity index (χ4n) is 3.34. The van der Waals surface area contributed by atoms with Crippen LogP contribution in [0, 0.1) is 0 Å². The van der Waals surface area contributed by atoms with E-state index < -0.39 is 29.9 Å². The molecular formula is C19H17NO6. The van der Waals surface area contributed by atoms with Crippen molar-refractivity contribution < 1.29 is 28.9 Å². The zero-order chi connectivity index (χ0) is 18.3. The number of rotatable bonds is 4. The van der Waals surface area contributed by atoms with Crippen molar-refractivity contribution in [1.82, 2.24) is 0 Å².